The lowest BCUT2D eigenvalue weighted by molar-refractivity contribution is 0.253. The summed E-state index contributed by atoms with van der Waals surface area (Å²) in [5.74, 6) is 1.28. The Balaban J connectivity index is 1.89. The zero-order valence-electron chi connectivity index (χ0n) is 13.6. The summed E-state index contributed by atoms with van der Waals surface area (Å²) < 4.78 is 11.3. The Morgan fingerprint density at radius 2 is 2.08 bits per heavy atom. The second-order valence-electron chi connectivity index (χ2n) is 5.91. The van der Waals surface area contributed by atoms with E-state index in [1.54, 1.807) is 24.8 Å². The van der Waals surface area contributed by atoms with E-state index in [0.717, 1.165) is 41.5 Å². The highest BCUT2D eigenvalue weighted by atomic mass is 32.2. The molecule has 0 saturated carbocycles. The molecule has 0 saturated heterocycles. The maximum Gasteiger partial charge on any atom is 0.320 e. The van der Waals surface area contributed by atoms with Crippen molar-refractivity contribution in [3.05, 3.63) is 41.9 Å². The summed E-state index contributed by atoms with van der Waals surface area (Å²) in [5.41, 5.74) is 9.44. The molecular weight excluding hydrogens is 324 g/mol. The Hall–Kier alpha value is -2.28. The van der Waals surface area contributed by atoms with Gasteiger partial charge >= 0.3 is 6.03 Å². The van der Waals surface area contributed by atoms with E-state index in [-0.39, 0.29) is 0 Å². The van der Waals surface area contributed by atoms with Gasteiger partial charge in [0, 0.05) is 59.1 Å². The number of hydrogen-bond donors (Lipinski definition) is 1. The molecule has 2 aromatic heterocycles. The van der Waals surface area contributed by atoms with Gasteiger partial charge < -0.3 is 5.73 Å². The maximum absolute atomic E-state index is 11.5. The number of aromatic nitrogens is 2. The minimum atomic E-state index is -0.817. The Morgan fingerprint density at radius 3 is 2.83 bits per heavy atom. The van der Waals surface area contributed by atoms with E-state index in [1.807, 2.05) is 0 Å². The number of carbonyl (C=O) groups is 1. The van der Waals surface area contributed by atoms with Crippen molar-refractivity contribution in [1.82, 2.24) is 9.97 Å². The fourth-order valence-corrected chi connectivity index (χ4v) is 3.40. The standard InChI is InChI=1S/C17H20N4O2S/c1-24(23)6-4-12-7-14(10-19-9-12)15-8-13-3-2-5-21(17(18)22)16(13)20-11-15/h7-11H,2-6H2,1H3,(H2,18,22). The van der Waals surface area contributed by atoms with Crippen LogP contribution in [-0.2, 0) is 23.6 Å². The van der Waals surface area contributed by atoms with Crippen LogP contribution in [0.4, 0.5) is 10.6 Å². The van der Waals surface area contributed by atoms with Crippen molar-refractivity contribution in [1.29, 1.82) is 0 Å². The molecule has 1 aliphatic heterocycles. The third-order valence-corrected chi connectivity index (χ3v) is 4.88. The lowest BCUT2D eigenvalue weighted by atomic mass is 10.0. The van der Waals surface area contributed by atoms with Gasteiger partial charge in [0.1, 0.15) is 5.82 Å². The number of carbonyl (C=O) groups excluding carboxylic acids is 1. The third-order valence-electron chi connectivity index (χ3n) is 4.10. The maximum atomic E-state index is 11.5. The molecule has 2 N–H and O–H groups in total. The van der Waals surface area contributed by atoms with E-state index in [2.05, 4.69) is 22.1 Å². The molecule has 126 valence electrons. The Kier molecular flexibility index (Phi) is 4.89. The molecule has 0 radical (unpaired) electrons. The molecular formula is C17H20N4O2S. The van der Waals surface area contributed by atoms with Gasteiger partial charge in [0.25, 0.3) is 0 Å². The number of hydrogen-bond acceptors (Lipinski definition) is 4. The molecule has 3 heterocycles. The predicted molar refractivity (Wildman–Crippen MR) is 95.4 cm³/mol. The van der Waals surface area contributed by atoms with Crippen molar-refractivity contribution in [3.8, 4) is 11.1 Å². The lowest BCUT2D eigenvalue weighted by Crippen LogP contribution is -2.40. The van der Waals surface area contributed by atoms with Crippen molar-refractivity contribution in [2.45, 2.75) is 19.3 Å². The summed E-state index contributed by atoms with van der Waals surface area (Å²) in [5, 5.41) is 0. The number of amides is 2. The first-order chi connectivity index (χ1) is 11.5. The summed E-state index contributed by atoms with van der Waals surface area (Å²) in [6.45, 7) is 0.611. The molecule has 0 aliphatic carbocycles. The zero-order chi connectivity index (χ0) is 17.1. The molecule has 24 heavy (non-hydrogen) atoms. The van der Waals surface area contributed by atoms with E-state index in [1.165, 1.54) is 4.90 Å². The molecule has 2 amide bonds. The Bertz CT molecular complexity index is 794. The van der Waals surface area contributed by atoms with E-state index in [0.29, 0.717) is 18.1 Å². The van der Waals surface area contributed by atoms with Crippen molar-refractivity contribution >= 4 is 22.6 Å². The molecule has 7 heteroatoms. The van der Waals surface area contributed by atoms with Crippen LogP contribution >= 0.6 is 0 Å². The number of primary amides is 1. The highest BCUT2D eigenvalue weighted by Gasteiger charge is 2.22. The van der Waals surface area contributed by atoms with E-state index >= 15 is 0 Å². The first-order valence-corrected chi connectivity index (χ1v) is 9.57. The van der Waals surface area contributed by atoms with Gasteiger partial charge in [-0.05, 0) is 42.5 Å². The van der Waals surface area contributed by atoms with Gasteiger partial charge in [0.2, 0.25) is 0 Å². The topological polar surface area (TPSA) is 89.2 Å². The van der Waals surface area contributed by atoms with Crippen LogP contribution in [0, 0.1) is 0 Å². The van der Waals surface area contributed by atoms with Gasteiger partial charge in [-0.3, -0.25) is 14.1 Å². The largest absolute Gasteiger partial charge is 0.351 e. The summed E-state index contributed by atoms with van der Waals surface area (Å²) >= 11 is 0. The van der Waals surface area contributed by atoms with Crippen LogP contribution in [0.3, 0.4) is 0 Å². The SMILES string of the molecule is CS(=O)CCc1cncc(-c2cnc3c(c2)CCCN3C(N)=O)c1. The first-order valence-electron chi connectivity index (χ1n) is 7.85. The number of nitrogens with two attached hydrogens (primary N) is 1. The van der Waals surface area contributed by atoms with Gasteiger partial charge in [-0.25, -0.2) is 9.78 Å². The van der Waals surface area contributed by atoms with Crippen molar-refractivity contribution in [2.75, 3.05) is 23.5 Å². The number of rotatable bonds is 4. The average Bonchev–Trinajstić information content (AvgIpc) is 2.59. The minimum Gasteiger partial charge on any atom is -0.351 e. The van der Waals surface area contributed by atoms with Crippen LogP contribution in [0.2, 0.25) is 0 Å². The molecule has 0 bridgehead atoms. The Labute approximate surface area is 143 Å². The van der Waals surface area contributed by atoms with Gasteiger partial charge in [-0.2, -0.15) is 0 Å². The number of anilines is 1. The molecule has 3 rings (SSSR count). The number of aryl methyl sites for hydroxylation is 2. The monoisotopic (exact) mass is 344 g/mol. The average molecular weight is 344 g/mol. The van der Waals surface area contributed by atoms with Crippen LogP contribution < -0.4 is 10.6 Å². The Morgan fingerprint density at radius 1 is 1.29 bits per heavy atom. The van der Waals surface area contributed by atoms with Crippen LogP contribution in [0.1, 0.15) is 17.5 Å². The number of fused-ring (bicyclic) bond motifs is 1. The number of nitrogens with zero attached hydrogens (tertiary/aromatic N) is 3. The van der Waals surface area contributed by atoms with Crippen LogP contribution in [0.25, 0.3) is 11.1 Å². The smallest absolute Gasteiger partial charge is 0.320 e. The molecule has 0 aromatic carbocycles. The second kappa shape index (κ2) is 7.09. The van der Waals surface area contributed by atoms with Crippen LogP contribution in [0.15, 0.2) is 30.7 Å². The summed E-state index contributed by atoms with van der Waals surface area (Å²) in [4.78, 5) is 21.8. The molecule has 0 fully saturated rings. The molecule has 6 nitrogen and oxygen atoms in total. The predicted octanol–water partition coefficient (Wildman–Crippen LogP) is 1.90. The number of urea groups is 1. The van der Waals surface area contributed by atoms with Gasteiger partial charge in [0.05, 0.1) is 0 Å². The van der Waals surface area contributed by atoms with Gasteiger partial charge in [0.15, 0.2) is 0 Å². The lowest BCUT2D eigenvalue weighted by Gasteiger charge is -2.26. The van der Waals surface area contributed by atoms with Crippen molar-refractivity contribution in [3.63, 3.8) is 0 Å². The quantitative estimate of drug-likeness (QED) is 0.917. The van der Waals surface area contributed by atoms with Gasteiger partial charge in [-0.15, -0.1) is 0 Å². The molecule has 2 aromatic rings. The fourth-order valence-electron chi connectivity index (χ4n) is 2.88. The van der Waals surface area contributed by atoms with Crippen LogP contribution in [0.5, 0.6) is 0 Å². The van der Waals surface area contributed by atoms with Gasteiger partial charge in [-0.1, -0.05) is 0 Å². The summed E-state index contributed by atoms with van der Waals surface area (Å²) in [6, 6.07) is 3.64. The molecule has 1 aliphatic rings. The normalized spacial score (nSPS) is 15.0. The first kappa shape index (κ1) is 16.6. The number of pyridine rings is 2. The van der Waals surface area contributed by atoms with Crippen LogP contribution in [-0.4, -0.2) is 38.8 Å². The van der Waals surface area contributed by atoms with E-state index < -0.39 is 16.8 Å². The highest BCUT2D eigenvalue weighted by Crippen LogP contribution is 2.29. The fraction of sp³-hybridized carbons (Fsp3) is 0.353. The second-order valence-corrected chi connectivity index (χ2v) is 7.46. The third kappa shape index (κ3) is 3.62. The molecule has 1 unspecified atom stereocenters. The van der Waals surface area contributed by atoms with E-state index in [9.17, 15) is 9.00 Å². The molecule has 0 spiro atoms. The van der Waals surface area contributed by atoms with E-state index in [4.69, 9.17) is 5.73 Å². The van der Waals surface area contributed by atoms with Crippen molar-refractivity contribution in [2.24, 2.45) is 5.73 Å². The highest BCUT2D eigenvalue weighted by molar-refractivity contribution is 7.84. The zero-order valence-corrected chi connectivity index (χ0v) is 14.4. The minimum absolute atomic E-state index is 0.465. The summed E-state index contributed by atoms with van der Waals surface area (Å²) in [6.07, 6.45) is 9.54. The summed E-state index contributed by atoms with van der Waals surface area (Å²) in [7, 11) is -0.817. The van der Waals surface area contributed by atoms with Crippen molar-refractivity contribution < 1.29 is 9.00 Å². The molecule has 1 atom stereocenters.